The van der Waals surface area contributed by atoms with Crippen molar-refractivity contribution in [1.82, 2.24) is 24.9 Å². The average molecular weight is 432 g/mol. The van der Waals surface area contributed by atoms with Gasteiger partial charge in [0.2, 0.25) is 5.95 Å². The van der Waals surface area contributed by atoms with Crippen molar-refractivity contribution in [3.05, 3.63) is 103 Å². The van der Waals surface area contributed by atoms with E-state index in [1.54, 1.807) is 41.7 Å². The number of hydrazone groups is 1. The minimum absolute atomic E-state index is 0.260. The Kier molecular flexibility index (Phi) is 6.02. The van der Waals surface area contributed by atoms with Crippen molar-refractivity contribution in [3.8, 4) is 11.1 Å². The Morgan fingerprint density at radius 3 is 2.53 bits per heavy atom. The second-order valence-electron chi connectivity index (χ2n) is 7.35. The van der Waals surface area contributed by atoms with Gasteiger partial charge < -0.3 is 4.90 Å². The van der Waals surface area contributed by atoms with Crippen molar-refractivity contribution < 1.29 is 8.78 Å². The van der Waals surface area contributed by atoms with Crippen LogP contribution in [-0.4, -0.2) is 43.8 Å². The number of nitrogens with zero attached hydrogens (tertiary/aromatic N) is 6. The SMILES string of the molecule is C=C1C(c2ncc(-c3ccnc(F)c3)cn2)=NN(Cc2ccccc2F)C1N(C)/C=C\C. The van der Waals surface area contributed by atoms with Crippen LogP contribution in [0.25, 0.3) is 11.1 Å². The van der Waals surface area contributed by atoms with E-state index in [1.165, 1.54) is 18.3 Å². The van der Waals surface area contributed by atoms with E-state index in [0.717, 1.165) is 0 Å². The van der Waals surface area contributed by atoms with Crippen molar-refractivity contribution in [2.24, 2.45) is 5.10 Å². The molecule has 0 fully saturated rings. The number of pyridine rings is 1. The molecule has 8 heteroatoms. The summed E-state index contributed by atoms with van der Waals surface area (Å²) in [4.78, 5) is 14.4. The summed E-state index contributed by atoms with van der Waals surface area (Å²) in [5, 5.41) is 6.46. The molecule has 0 saturated carbocycles. The predicted octanol–water partition coefficient (Wildman–Crippen LogP) is 4.38. The topological polar surface area (TPSA) is 57.5 Å². The lowest BCUT2D eigenvalue weighted by molar-refractivity contribution is 0.134. The van der Waals surface area contributed by atoms with Crippen LogP contribution in [0.15, 0.2) is 84.5 Å². The minimum Gasteiger partial charge on any atom is -0.356 e. The molecular formula is C24H22F2N6. The fourth-order valence-corrected chi connectivity index (χ4v) is 3.61. The van der Waals surface area contributed by atoms with Crippen LogP contribution in [0.3, 0.4) is 0 Å². The number of halogens is 2. The zero-order valence-electron chi connectivity index (χ0n) is 17.8. The Bertz CT molecular complexity index is 1190. The molecule has 1 aliphatic rings. The first kappa shape index (κ1) is 21.3. The van der Waals surface area contributed by atoms with Gasteiger partial charge in [0.1, 0.15) is 17.7 Å². The summed E-state index contributed by atoms with van der Waals surface area (Å²) in [6.07, 6.45) is 8.10. The van der Waals surface area contributed by atoms with Gasteiger partial charge in [0, 0.05) is 48.4 Å². The number of aromatic nitrogens is 3. The third-order valence-corrected chi connectivity index (χ3v) is 5.11. The van der Waals surface area contributed by atoms with Gasteiger partial charge in [0.25, 0.3) is 0 Å². The summed E-state index contributed by atoms with van der Waals surface area (Å²) >= 11 is 0. The van der Waals surface area contributed by atoms with Crippen molar-refractivity contribution in [2.45, 2.75) is 19.6 Å². The standard InChI is InChI=1S/C24H22F2N6/c1-4-11-31(3)24-16(2)22(30-32(24)15-18-7-5-6-8-20(18)25)23-28-13-19(14-29-23)17-9-10-27-21(26)12-17/h4-14,24H,2,15H2,1,3H3/b11-4-. The molecule has 3 heterocycles. The maximum atomic E-state index is 14.3. The van der Waals surface area contributed by atoms with E-state index in [0.29, 0.717) is 33.8 Å². The molecule has 2 aromatic heterocycles. The molecule has 3 aromatic rings. The van der Waals surface area contributed by atoms with Crippen LogP contribution in [0.5, 0.6) is 0 Å². The lowest BCUT2D eigenvalue weighted by atomic mass is 10.1. The van der Waals surface area contributed by atoms with Crippen LogP contribution < -0.4 is 0 Å². The number of hydrogen-bond acceptors (Lipinski definition) is 6. The predicted molar refractivity (Wildman–Crippen MR) is 119 cm³/mol. The van der Waals surface area contributed by atoms with Crippen LogP contribution in [0, 0.1) is 11.8 Å². The molecule has 1 aliphatic heterocycles. The lowest BCUT2D eigenvalue weighted by Crippen LogP contribution is -2.39. The molecule has 0 saturated heterocycles. The quantitative estimate of drug-likeness (QED) is 0.541. The molecule has 0 amide bonds. The monoisotopic (exact) mass is 432 g/mol. The summed E-state index contributed by atoms with van der Waals surface area (Å²) < 4.78 is 27.7. The second-order valence-corrected chi connectivity index (χ2v) is 7.35. The van der Waals surface area contributed by atoms with Gasteiger partial charge in [-0.25, -0.2) is 19.3 Å². The fraction of sp³-hybridized carbons (Fsp3) is 0.167. The van der Waals surface area contributed by atoms with Crippen LogP contribution in [0.2, 0.25) is 0 Å². The van der Waals surface area contributed by atoms with E-state index in [4.69, 9.17) is 5.10 Å². The summed E-state index contributed by atoms with van der Waals surface area (Å²) in [6.45, 7) is 6.40. The highest BCUT2D eigenvalue weighted by Crippen LogP contribution is 2.28. The van der Waals surface area contributed by atoms with Gasteiger partial charge in [-0.3, -0.25) is 5.01 Å². The van der Waals surface area contributed by atoms with E-state index in [2.05, 4.69) is 21.5 Å². The molecular weight excluding hydrogens is 410 g/mol. The first-order valence-corrected chi connectivity index (χ1v) is 10.0. The van der Waals surface area contributed by atoms with Gasteiger partial charge in [-0.05, 0) is 30.8 Å². The van der Waals surface area contributed by atoms with Crippen LogP contribution in [0.4, 0.5) is 8.78 Å². The summed E-state index contributed by atoms with van der Waals surface area (Å²) in [6, 6.07) is 9.62. The molecule has 1 atom stereocenters. The highest BCUT2D eigenvalue weighted by Gasteiger charge is 2.35. The van der Waals surface area contributed by atoms with Gasteiger partial charge >= 0.3 is 0 Å². The Morgan fingerprint density at radius 2 is 1.84 bits per heavy atom. The van der Waals surface area contributed by atoms with Crippen molar-refractivity contribution in [3.63, 3.8) is 0 Å². The fourth-order valence-electron chi connectivity index (χ4n) is 3.61. The molecule has 162 valence electrons. The molecule has 0 N–H and O–H groups in total. The summed E-state index contributed by atoms with van der Waals surface area (Å²) in [5.41, 5.74) is 3.04. The maximum Gasteiger partial charge on any atom is 0.213 e. The van der Waals surface area contributed by atoms with Crippen LogP contribution in [0.1, 0.15) is 18.3 Å². The Hall–Kier alpha value is -3.94. The average Bonchev–Trinajstić information content (AvgIpc) is 3.11. The first-order valence-electron chi connectivity index (χ1n) is 10.0. The summed E-state index contributed by atoms with van der Waals surface area (Å²) in [5.74, 6) is -0.471. The minimum atomic E-state index is -0.571. The highest BCUT2D eigenvalue weighted by atomic mass is 19.1. The zero-order chi connectivity index (χ0) is 22.7. The van der Waals surface area contributed by atoms with E-state index in [-0.39, 0.29) is 18.5 Å². The third kappa shape index (κ3) is 4.25. The second kappa shape index (κ2) is 9.05. The molecule has 0 aliphatic carbocycles. The van der Waals surface area contributed by atoms with Crippen molar-refractivity contribution >= 4 is 5.71 Å². The zero-order valence-corrected chi connectivity index (χ0v) is 17.8. The maximum absolute atomic E-state index is 14.3. The van der Waals surface area contributed by atoms with E-state index < -0.39 is 5.95 Å². The number of likely N-dealkylation sites (N-methyl/N-ethyl adjacent to an activating group) is 1. The first-order chi connectivity index (χ1) is 15.5. The van der Waals surface area contributed by atoms with E-state index in [9.17, 15) is 8.78 Å². The molecule has 4 rings (SSSR count). The number of rotatable bonds is 6. The van der Waals surface area contributed by atoms with Gasteiger partial charge in [0.15, 0.2) is 5.82 Å². The van der Waals surface area contributed by atoms with E-state index >= 15 is 0 Å². The molecule has 1 unspecified atom stereocenters. The van der Waals surface area contributed by atoms with Crippen molar-refractivity contribution in [1.29, 1.82) is 0 Å². The molecule has 0 bridgehead atoms. The molecule has 32 heavy (non-hydrogen) atoms. The summed E-state index contributed by atoms with van der Waals surface area (Å²) in [7, 11) is 1.91. The number of hydrogen-bond donors (Lipinski definition) is 0. The van der Waals surface area contributed by atoms with Gasteiger partial charge in [-0.15, -0.1) is 0 Å². The number of benzene rings is 1. The highest BCUT2D eigenvalue weighted by molar-refractivity contribution is 6.11. The number of allylic oxidation sites excluding steroid dienone is 1. The smallest absolute Gasteiger partial charge is 0.213 e. The van der Waals surface area contributed by atoms with Crippen molar-refractivity contribution in [2.75, 3.05) is 7.05 Å². The molecule has 0 radical (unpaired) electrons. The van der Waals surface area contributed by atoms with Gasteiger partial charge in [-0.1, -0.05) is 30.9 Å². The van der Waals surface area contributed by atoms with Gasteiger partial charge in [0.05, 0.1) is 6.54 Å². The van der Waals surface area contributed by atoms with Gasteiger partial charge in [-0.2, -0.15) is 9.49 Å². The lowest BCUT2D eigenvalue weighted by Gasteiger charge is -2.31. The third-order valence-electron chi connectivity index (χ3n) is 5.11. The van der Waals surface area contributed by atoms with Crippen LogP contribution >= 0.6 is 0 Å². The largest absolute Gasteiger partial charge is 0.356 e. The normalized spacial score (nSPS) is 16.0. The Balaban J connectivity index is 1.66. The Morgan fingerprint density at radius 1 is 1.09 bits per heavy atom. The molecule has 6 nitrogen and oxygen atoms in total. The van der Waals surface area contributed by atoms with E-state index in [1.807, 2.05) is 31.1 Å². The molecule has 1 aromatic carbocycles. The molecule has 0 spiro atoms. The van der Waals surface area contributed by atoms with Crippen LogP contribution in [-0.2, 0) is 6.54 Å². The Labute approximate surface area is 185 Å².